The fourth-order valence-corrected chi connectivity index (χ4v) is 3.60. The lowest BCUT2D eigenvalue weighted by Crippen LogP contribution is -1.90. The summed E-state index contributed by atoms with van der Waals surface area (Å²) in [5.41, 5.74) is 0. The first-order valence-corrected chi connectivity index (χ1v) is 6.94. The van der Waals surface area contributed by atoms with Gasteiger partial charge in [0, 0.05) is 0 Å². The van der Waals surface area contributed by atoms with Gasteiger partial charge in [-0.15, -0.1) is 11.3 Å². The van der Waals surface area contributed by atoms with E-state index in [1.807, 2.05) is 17.8 Å². The Morgan fingerprint density at radius 3 is 3.20 bits per heavy atom. The summed E-state index contributed by atoms with van der Waals surface area (Å²) in [6.45, 7) is 0. The SMILES string of the molecule is c1csc(-c2n[nH]c(C3CCCS3)n2)c1. The minimum Gasteiger partial charge on any atom is -0.262 e. The van der Waals surface area contributed by atoms with E-state index in [9.17, 15) is 0 Å². The summed E-state index contributed by atoms with van der Waals surface area (Å²) in [7, 11) is 0. The zero-order valence-corrected chi connectivity index (χ0v) is 9.77. The third kappa shape index (κ3) is 1.81. The predicted octanol–water partition coefficient (Wildman–Crippen LogP) is 3.10. The van der Waals surface area contributed by atoms with Crippen LogP contribution in [0.5, 0.6) is 0 Å². The third-order valence-corrected chi connectivity index (χ3v) is 4.73. The van der Waals surface area contributed by atoms with Gasteiger partial charge in [0.15, 0.2) is 5.82 Å². The highest BCUT2D eigenvalue weighted by Crippen LogP contribution is 2.38. The molecule has 0 aromatic carbocycles. The summed E-state index contributed by atoms with van der Waals surface area (Å²) in [6, 6.07) is 4.08. The summed E-state index contributed by atoms with van der Waals surface area (Å²) in [4.78, 5) is 5.70. The highest BCUT2D eigenvalue weighted by molar-refractivity contribution is 7.99. The Hall–Kier alpha value is -0.810. The van der Waals surface area contributed by atoms with Crippen LogP contribution < -0.4 is 0 Å². The van der Waals surface area contributed by atoms with Crippen LogP contribution >= 0.6 is 23.1 Å². The van der Waals surface area contributed by atoms with Crippen LogP contribution in [0.2, 0.25) is 0 Å². The second-order valence-corrected chi connectivity index (χ2v) is 5.78. The molecule has 1 aliphatic rings. The maximum atomic E-state index is 4.56. The maximum Gasteiger partial charge on any atom is 0.191 e. The van der Waals surface area contributed by atoms with Gasteiger partial charge in [0.05, 0.1) is 10.1 Å². The van der Waals surface area contributed by atoms with Crippen molar-refractivity contribution in [3.8, 4) is 10.7 Å². The first-order chi connectivity index (χ1) is 7.43. The molecule has 2 aromatic rings. The monoisotopic (exact) mass is 237 g/mol. The maximum absolute atomic E-state index is 4.56. The number of rotatable bonds is 2. The minimum atomic E-state index is 0.534. The number of thioether (sulfide) groups is 1. The highest BCUT2D eigenvalue weighted by Gasteiger charge is 2.21. The van der Waals surface area contributed by atoms with Crippen LogP contribution in [-0.4, -0.2) is 20.9 Å². The molecule has 3 heterocycles. The first-order valence-electron chi connectivity index (χ1n) is 5.01. The number of thiophene rings is 1. The molecule has 2 aromatic heterocycles. The molecule has 1 N–H and O–H groups in total. The molecule has 15 heavy (non-hydrogen) atoms. The number of nitrogens with zero attached hydrogens (tertiary/aromatic N) is 2. The molecule has 78 valence electrons. The summed E-state index contributed by atoms with van der Waals surface area (Å²) in [5, 5.41) is 9.91. The zero-order chi connectivity index (χ0) is 10.1. The molecule has 1 fully saturated rings. The van der Waals surface area contributed by atoms with Gasteiger partial charge in [0.1, 0.15) is 5.82 Å². The molecule has 0 aliphatic carbocycles. The van der Waals surface area contributed by atoms with Crippen LogP contribution in [0.3, 0.4) is 0 Å². The molecule has 0 saturated carbocycles. The van der Waals surface area contributed by atoms with Gasteiger partial charge in [-0.2, -0.15) is 16.9 Å². The molecule has 3 nitrogen and oxygen atoms in total. The molecule has 1 saturated heterocycles. The second kappa shape index (κ2) is 3.98. The molecule has 0 bridgehead atoms. The lowest BCUT2D eigenvalue weighted by atomic mass is 10.2. The number of hydrogen-bond donors (Lipinski definition) is 1. The third-order valence-electron chi connectivity index (χ3n) is 2.48. The summed E-state index contributed by atoms with van der Waals surface area (Å²) < 4.78 is 0. The molecule has 0 amide bonds. The van der Waals surface area contributed by atoms with Gasteiger partial charge < -0.3 is 0 Å². The summed E-state index contributed by atoms with van der Waals surface area (Å²) in [6.07, 6.45) is 2.52. The molecule has 1 unspecified atom stereocenters. The predicted molar refractivity (Wildman–Crippen MR) is 64.1 cm³/mol. The van der Waals surface area contributed by atoms with E-state index in [1.54, 1.807) is 11.3 Å². The van der Waals surface area contributed by atoms with Crippen LogP contribution in [0.25, 0.3) is 10.7 Å². The fraction of sp³-hybridized carbons (Fsp3) is 0.400. The number of nitrogens with one attached hydrogen (secondary N) is 1. The number of aromatic amines is 1. The van der Waals surface area contributed by atoms with Crippen LogP contribution in [0.1, 0.15) is 23.9 Å². The van der Waals surface area contributed by atoms with Crippen molar-refractivity contribution in [3.05, 3.63) is 23.3 Å². The second-order valence-electron chi connectivity index (χ2n) is 3.52. The smallest absolute Gasteiger partial charge is 0.191 e. The van der Waals surface area contributed by atoms with Crippen molar-refractivity contribution in [2.24, 2.45) is 0 Å². The van der Waals surface area contributed by atoms with Crippen molar-refractivity contribution in [2.75, 3.05) is 5.75 Å². The molecule has 5 heteroatoms. The van der Waals surface area contributed by atoms with Crippen LogP contribution in [0.4, 0.5) is 0 Å². The largest absolute Gasteiger partial charge is 0.262 e. The molecule has 3 rings (SSSR count). The number of hydrogen-bond acceptors (Lipinski definition) is 4. The topological polar surface area (TPSA) is 41.6 Å². The standard InChI is InChI=1S/C10H11N3S2/c1-3-7(14-5-1)9-11-10(13-12-9)8-4-2-6-15-8/h1,3,5,8H,2,4,6H2,(H,11,12,13). The van der Waals surface area contributed by atoms with Crippen molar-refractivity contribution in [3.63, 3.8) is 0 Å². The Labute approximate surface area is 96.3 Å². The molecule has 0 spiro atoms. The van der Waals surface area contributed by atoms with Gasteiger partial charge >= 0.3 is 0 Å². The lowest BCUT2D eigenvalue weighted by Gasteiger charge is -2.00. The Morgan fingerprint density at radius 2 is 2.47 bits per heavy atom. The van der Waals surface area contributed by atoms with Crippen LogP contribution in [0, 0.1) is 0 Å². The highest BCUT2D eigenvalue weighted by atomic mass is 32.2. The molecular weight excluding hydrogens is 226 g/mol. The first kappa shape index (κ1) is 9.42. The number of aromatic nitrogens is 3. The molecular formula is C10H11N3S2. The van der Waals surface area contributed by atoms with E-state index < -0.39 is 0 Å². The van der Waals surface area contributed by atoms with Gasteiger partial charge in [-0.3, -0.25) is 5.10 Å². The van der Waals surface area contributed by atoms with E-state index in [0.717, 1.165) is 16.5 Å². The lowest BCUT2D eigenvalue weighted by molar-refractivity contribution is 0.781. The van der Waals surface area contributed by atoms with Gasteiger partial charge in [-0.25, -0.2) is 4.98 Å². The minimum absolute atomic E-state index is 0.534. The van der Waals surface area contributed by atoms with E-state index in [4.69, 9.17) is 0 Å². The average molecular weight is 237 g/mol. The molecule has 1 atom stereocenters. The average Bonchev–Trinajstić information content (AvgIpc) is 3.02. The van der Waals surface area contributed by atoms with Crippen molar-refractivity contribution >= 4 is 23.1 Å². The fourth-order valence-electron chi connectivity index (χ4n) is 1.73. The Morgan fingerprint density at radius 1 is 1.47 bits per heavy atom. The zero-order valence-electron chi connectivity index (χ0n) is 8.14. The molecule has 0 radical (unpaired) electrons. The van der Waals surface area contributed by atoms with Gasteiger partial charge in [-0.1, -0.05) is 6.07 Å². The Balaban J connectivity index is 1.87. The van der Waals surface area contributed by atoms with Crippen molar-refractivity contribution in [1.29, 1.82) is 0 Å². The van der Waals surface area contributed by atoms with Crippen molar-refractivity contribution in [2.45, 2.75) is 18.1 Å². The van der Waals surface area contributed by atoms with E-state index in [0.29, 0.717) is 5.25 Å². The summed E-state index contributed by atoms with van der Waals surface area (Å²) >= 11 is 3.66. The van der Waals surface area contributed by atoms with Gasteiger partial charge in [0.25, 0.3) is 0 Å². The van der Waals surface area contributed by atoms with E-state index in [1.165, 1.54) is 18.6 Å². The summed E-state index contributed by atoms with van der Waals surface area (Å²) in [5.74, 6) is 3.13. The molecule has 1 aliphatic heterocycles. The van der Waals surface area contributed by atoms with E-state index >= 15 is 0 Å². The van der Waals surface area contributed by atoms with Crippen LogP contribution in [0.15, 0.2) is 17.5 Å². The Kier molecular flexibility index (Phi) is 2.50. The Bertz CT molecular complexity index is 429. The normalized spacial score (nSPS) is 20.9. The quantitative estimate of drug-likeness (QED) is 0.872. The van der Waals surface area contributed by atoms with Crippen molar-refractivity contribution < 1.29 is 0 Å². The van der Waals surface area contributed by atoms with E-state index in [-0.39, 0.29) is 0 Å². The van der Waals surface area contributed by atoms with Gasteiger partial charge in [-0.05, 0) is 30.0 Å². The van der Waals surface area contributed by atoms with Crippen LogP contribution in [-0.2, 0) is 0 Å². The van der Waals surface area contributed by atoms with Crippen molar-refractivity contribution in [1.82, 2.24) is 15.2 Å². The van der Waals surface area contributed by atoms with E-state index in [2.05, 4.69) is 26.6 Å². The van der Waals surface area contributed by atoms with Gasteiger partial charge in [0.2, 0.25) is 0 Å². The number of H-pyrrole nitrogens is 1.